The third kappa shape index (κ3) is 2.81. The Hall–Kier alpha value is -2.37. The number of carbonyl (C=O) groups is 1. The quantitative estimate of drug-likeness (QED) is 0.808. The van der Waals surface area contributed by atoms with Gasteiger partial charge in [0.2, 0.25) is 0 Å². The van der Waals surface area contributed by atoms with E-state index in [-0.39, 0.29) is 5.88 Å². The van der Waals surface area contributed by atoms with Crippen LogP contribution in [-0.2, 0) is 6.54 Å². The summed E-state index contributed by atoms with van der Waals surface area (Å²) in [5.41, 5.74) is 1.000. The minimum absolute atomic E-state index is 0.144. The Morgan fingerprint density at radius 3 is 2.88 bits per heavy atom. The van der Waals surface area contributed by atoms with E-state index in [9.17, 15) is 4.79 Å². The van der Waals surface area contributed by atoms with E-state index in [1.165, 1.54) is 6.20 Å². The average Bonchev–Trinajstić information content (AvgIpc) is 2.81. The topological polar surface area (TPSA) is 79.9 Å². The molecule has 2 aromatic rings. The first-order valence-electron chi connectivity index (χ1n) is 4.70. The summed E-state index contributed by atoms with van der Waals surface area (Å²) in [7, 11) is 0. The van der Waals surface area contributed by atoms with E-state index in [0.717, 1.165) is 5.56 Å². The first-order chi connectivity index (χ1) is 7.84. The highest BCUT2D eigenvalue weighted by molar-refractivity contribution is 5.69. The maximum atomic E-state index is 11.3. The zero-order valence-electron chi connectivity index (χ0n) is 8.38. The molecule has 1 aromatic heterocycles. The summed E-state index contributed by atoms with van der Waals surface area (Å²) in [5.74, 6) is 0.144. The number of amides is 1. The number of nitrogens with one attached hydrogen (secondary N) is 2. The zero-order valence-corrected chi connectivity index (χ0v) is 8.38. The van der Waals surface area contributed by atoms with Crippen molar-refractivity contribution in [1.82, 2.24) is 20.7 Å². The minimum Gasteiger partial charge on any atom is -0.388 e. The molecule has 1 amide bonds. The summed E-state index contributed by atoms with van der Waals surface area (Å²) in [5, 5.41) is 12.0. The van der Waals surface area contributed by atoms with Crippen LogP contribution < -0.4 is 10.1 Å². The molecule has 0 saturated carbocycles. The SMILES string of the molecule is O=C(NCc1ccccc1)Oc1cn[nH]n1. The Morgan fingerprint density at radius 1 is 1.38 bits per heavy atom. The van der Waals surface area contributed by atoms with Crippen molar-refractivity contribution in [1.29, 1.82) is 0 Å². The van der Waals surface area contributed by atoms with Gasteiger partial charge in [-0.1, -0.05) is 30.3 Å². The minimum atomic E-state index is -0.558. The maximum absolute atomic E-state index is 11.3. The van der Waals surface area contributed by atoms with Crippen LogP contribution in [-0.4, -0.2) is 21.5 Å². The molecule has 0 unspecified atom stereocenters. The molecule has 0 saturated heterocycles. The van der Waals surface area contributed by atoms with Gasteiger partial charge in [-0.05, 0) is 5.56 Å². The normalized spacial score (nSPS) is 9.75. The van der Waals surface area contributed by atoms with Crippen molar-refractivity contribution in [2.45, 2.75) is 6.54 Å². The highest BCUT2D eigenvalue weighted by Crippen LogP contribution is 2.01. The van der Waals surface area contributed by atoms with Gasteiger partial charge in [0.05, 0.1) is 0 Å². The van der Waals surface area contributed by atoms with Gasteiger partial charge in [-0.25, -0.2) is 4.79 Å². The first kappa shape index (κ1) is 10.2. The Labute approximate surface area is 91.6 Å². The standard InChI is InChI=1S/C10H10N4O2/c15-10(16-9-7-12-14-13-9)11-6-8-4-2-1-3-5-8/h1-5,7H,6H2,(H,11,15)(H,12,13,14). The van der Waals surface area contributed by atoms with E-state index in [1.54, 1.807) is 0 Å². The number of nitrogens with zero attached hydrogens (tertiary/aromatic N) is 2. The first-order valence-corrected chi connectivity index (χ1v) is 4.70. The molecule has 0 spiro atoms. The predicted octanol–water partition coefficient (Wildman–Crippen LogP) is 1.09. The maximum Gasteiger partial charge on any atom is 0.414 e. The zero-order chi connectivity index (χ0) is 11.2. The second-order valence-corrected chi connectivity index (χ2v) is 3.04. The molecule has 0 atom stereocenters. The lowest BCUT2D eigenvalue weighted by Gasteiger charge is -2.03. The molecule has 0 aliphatic rings. The van der Waals surface area contributed by atoms with Crippen molar-refractivity contribution < 1.29 is 9.53 Å². The van der Waals surface area contributed by atoms with Crippen LogP contribution in [0.5, 0.6) is 5.88 Å². The van der Waals surface area contributed by atoms with Crippen LogP contribution >= 0.6 is 0 Å². The van der Waals surface area contributed by atoms with E-state index in [0.29, 0.717) is 6.54 Å². The van der Waals surface area contributed by atoms with Crippen LogP contribution in [0.4, 0.5) is 4.79 Å². The van der Waals surface area contributed by atoms with Gasteiger partial charge < -0.3 is 10.1 Å². The van der Waals surface area contributed by atoms with Gasteiger partial charge >= 0.3 is 6.09 Å². The summed E-state index contributed by atoms with van der Waals surface area (Å²) >= 11 is 0. The van der Waals surface area contributed by atoms with Gasteiger partial charge in [0.25, 0.3) is 5.88 Å². The number of H-pyrrole nitrogens is 1. The molecular formula is C10H10N4O2. The molecule has 0 bridgehead atoms. The fourth-order valence-electron chi connectivity index (χ4n) is 1.14. The van der Waals surface area contributed by atoms with Crippen molar-refractivity contribution in [3.05, 3.63) is 42.1 Å². The van der Waals surface area contributed by atoms with E-state index < -0.39 is 6.09 Å². The lowest BCUT2D eigenvalue weighted by Crippen LogP contribution is -2.26. The Bertz CT molecular complexity index is 441. The summed E-state index contributed by atoms with van der Waals surface area (Å²) < 4.78 is 4.82. The fraction of sp³-hybridized carbons (Fsp3) is 0.100. The Kier molecular flexibility index (Phi) is 3.12. The third-order valence-corrected chi connectivity index (χ3v) is 1.87. The van der Waals surface area contributed by atoms with Crippen molar-refractivity contribution >= 4 is 6.09 Å². The number of aromatic nitrogens is 3. The molecule has 1 aromatic carbocycles. The van der Waals surface area contributed by atoms with Crippen LogP contribution in [0, 0.1) is 0 Å². The second-order valence-electron chi connectivity index (χ2n) is 3.04. The fourth-order valence-corrected chi connectivity index (χ4v) is 1.14. The molecule has 1 heterocycles. The molecule has 2 rings (SSSR count). The van der Waals surface area contributed by atoms with E-state index >= 15 is 0 Å². The van der Waals surface area contributed by atoms with Crippen LogP contribution in [0.15, 0.2) is 36.5 Å². The van der Waals surface area contributed by atoms with E-state index in [1.807, 2.05) is 30.3 Å². The highest BCUT2D eigenvalue weighted by atomic mass is 16.6. The number of ether oxygens (including phenoxy) is 1. The molecule has 0 aliphatic carbocycles. The van der Waals surface area contributed by atoms with Gasteiger partial charge in [0.1, 0.15) is 6.20 Å². The van der Waals surface area contributed by atoms with Crippen LogP contribution in [0.2, 0.25) is 0 Å². The molecule has 6 nitrogen and oxygen atoms in total. The molecule has 0 aliphatic heterocycles. The van der Waals surface area contributed by atoms with E-state index in [2.05, 4.69) is 20.7 Å². The van der Waals surface area contributed by atoms with Crippen molar-refractivity contribution in [2.24, 2.45) is 0 Å². The van der Waals surface area contributed by atoms with Gasteiger partial charge in [-0.15, -0.1) is 5.10 Å². The monoisotopic (exact) mass is 218 g/mol. The van der Waals surface area contributed by atoms with Crippen LogP contribution in [0.3, 0.4) is 0 Å². The molecule has 2 N–H and O–H groups in total. The highest BCUT2D eigenvalue weighted by Gasteiger charge is 2.05. The van der Waals surface area contributed by atoms with E-state index in [4.69, 9.17) is 4.74 Å². The van der Waals surface area contributed by atoms with Crippen molar-refractivity contribution in [3.8, 4) is 5.88 Å². The summed E-state index contributed by atoms with van der Waals surface area (Å²) in [6.45, 7) is 0.414. The number of rotatable bonds is 3. The summed E-state index contributed by atoms with van der Waals surface area (Å²) in [4.78, 5) is 11.3. The molecule has 16 heavy (non-hydrogen) atoms. The average molecular weight is 218 g/mol. The van der Waals surface area contributed by atoms with Crippen LogP contribution in [0.25, 0.3) is 0 Å². The number of hydrogen-bond acceptors (Lipinski definition) is 4. The number of carbonyl (C=O) groups excluding carboxylic acids is 1. The van der Waals surface area contributed by atoms with Gasteiger partial charge in [0, 0.05) is 6.54 Å². The molecule has 0 fully saturated rings. The van der Waals surface area contributed by atoms with Gasteiger partial charge in [0.15, 0.2) is 0 Å². The number of aromatic amines is 1. The number of hydrogen-bond donors (Lipinski definition) is 2. The molecule has 6 heteroatoms. The lowest BCUT2D eigenvalue weighted by atomic mass is 10.2. The third-order valence-electron chi connectivity index (χ3n) is 1.87. The second kappa shape index (κ2) is 4.92. The number of benzene rings is 1. The van der Waals surface area contributed by atoms with Crippen LogP contribution in [0.1, 0.15) is 5.56 Å². The van der Waals surface area contributed by atoms with Crippen molar-refractivity contribution in [3.63, 3.8) is 0 Å². The Balaban J connectivity index is 1.80. The molecular weight excluding hydrogens is 208 g/mol. The predicted molar refractivity (Wildman–Crippen MR) is 55.7 cm³/mol. The largest absolute Gasteiger partial charge is 0.414 e. The summed E-state index contributed by atoms with van der Waals surface area (Å²) in [6.07, 6.45) is 0.764. The molecule has 0 radical (unpaired) electrons. The molecule has 82 valence electrons. The summed E-state index contributed by atoms with van der Waals surface area (Å²) in [6, 6.07) is 9.55. The lowest BCUT2D eigenvalue weighted by molar-refractivity contribution is 0.198. The van der Waals surface area contributed by atoms with Gasteiger partial charge in [-0.2, -0.15) is 10.3 Å². The van der Waals surface area contributed by atoms with Gasteiger partial charge in [-0.3, -0.25) is 0 Å². The Morgan fingerprint density at radius 2 is 2.19 bits per heavy atom. The smallest absolute Gasteiger partial charge is 0.388 e. The van der Waals surface area contributed by atoms with Crippen molar-refractivity contribution in [2.75, 3.05) is 0 Å².